The van der Waals surface area contributed by atoms with Crippen LogP contribution in [0.2, 0.25) is 0 Å². The average molecular weight is 285 g/mol. The molecule has 0 heterocycles. The Bertz CT molecular complexity index is 513. The molecule has 5 nitrogen and oxygen atoms in total. The van der Waals surface area contributed by atoms with Crippen LogP contribution >= 0.6 is 0 Å². The molecule has 3 N–H and O–H groups in total. The molecule has 0 atom stereocenters. The van der Waals surface area contributed by atoms with Crippen molar-refractivity contribution in [3.63, 3.8) is 0 Å². The number of rotatable bonds is 7. The molecule has 0 aliphatic rings. The zero-order valence-corrected chi connectivity index (χ0v) is 12.6. The first kappa shape index (κ1) is 16.1. The molecule has 0 spiro atoms. The molecule has 0 fully saturated rings. The van der Waals surface area contributed by atoms with E-state index in [1.807, 2.05) is 38.1 Å². The first-order valence-corrected chi connectivity index (χ1v) is 7.85. The number of sulfonamides is 1. The summed E-state index contributed by atoms with van der Waals surface area (Å²) in [4.78, 5) is 2.27. The molecule has 0 aromatic heterocycles. The lowest BCUT2D eigenvalue weighted by Crippen LogP contribution is -2.32. The van der Waals surface area contributed by atoms with Crippen LogP contribution in [-0.4, -0.2) is 40.5 Å². The molecule has 1 rings (SSSR count). The van der Waals surface area contributed by atoms with E-state index < -0.39 is 10.0 Å². The average Bonchev–Trinajstić information content (AvgIpc) is 2.37. The fourth-order valence-electron chi connectivity index (χ4n) is 1.75. The Hall–Kier alpha value is -0.950. The number of nitrogens with zero attached hydrogens (tertiary/aromatic N) is 1. The number of hydrogen-bond acceptors (Lipinski definition) is 4. The number of nitrogens with two attached hydrogens (primary N) is 1. The van der Waals surface area contributed by atoms with Crippen molar-refractivity contribution in [3.05, 3.63) is 29.3 Å². The van der Waals surface area contributed by atoms with Crippen LogP contribution in [0.3, 0.4) is 0 Å². The van der Waals surface area contributed by atoms with Gasteiger partial charge in [-0.15, -0.1) is 0 Å². The summed E-state index contributed by atoms with van der Waals surface area (Å²) in [5, 5.41) is 0. The second-order valence-electron chi connectivity index (χ2n) is 4.70. The molecule has 19 heavy (non-hydrogen) atoms. The number of benzene rings is 1. The maximum atomic E-state index is 12.3. The number of aryl methyl sites for hydroxylation is 1. The van der Waals surface area contributed by atoms with Crippen molar-refractivity contribution in [1.29, 1.82) is 0 Å². The van der Waals surface area contributed by atoms with E-state index in [4.69, 9.17) is 5.73 Å². The largest absolute Gasteiger partial charge is 0.326 e. The van der Waals surface area contributed by atoms with E-state index in [0.29, 0.717) is 31.0 Å². The Morgan fingerprint density at radius 1 is 1.32 bits per heavy atom. The van der Waals surface area contributed by atoms with E-state index in [2.05, 4.69) is 4.72 Å². The Kier molecular flexibility index (Phi) is 5.93. The molecule has 0 saturated heterocycles. The van der Waals surface area contributed by atoms with Crippen molar-refractivity contribution in [2.24, 2.45) is 5.73 Å². The summed E-state index contributed by atoms with van der Waals surface area (Å²) in [7, 11) is 0.344. The van der Waals surface area contributed by atoms with Gasteiger partial charge in [-0.2, -0.15) is 0 Å². The van der Waals surface area contributed by atoms with Crippen LogP contribution in [0.4, 0.5) is 0 Å². The van der Waals surface area contributed by atoms with E-state index in [9.17, 15) is 8.42 Å². The van der Waals surface area contributed by atoms with Gasteiger partial charge in [-0.1, -0.05) is 19.1 Å². The normalized spacial score (nSPS) is 12.1. The molecule has 1 aromatic carbocycles. The highest BCUT2D eigenvalue weighted by atomic mass is 32.2. The summed E-state index contributed by atoms with van der Waals surface area (Å²) >= 11 is 0. The molecular weight excluding hydrogens is 262 g/mol. The molecule has 108 valence electrons. The van der Waals surface area contributed by atoms with E-state index >= 15 is 0 Å². The summed E-state index contributed by atoms with van der Waals surface area (Å²) < 4.78 is 27.2. The molecule has 0 bridgehead atoms. The maximum Gasteiger partial charge on any atom is 0.240 e. The third-order valence-corrected chi connectivity index (χ3v) is 4.43. The van der Waals surface area contributed by atoms with Gasteiger partial charge in [0.1, 0.15) is 0 Å². The minimum absolute atomic E-state index is 0.338. The zero-order chi connectivity index (χ0) is 14.5. The summed E-state index contributed by atoms with van der Waals surface area (Å²) in [5.41, 5.74) is 7.21. The predicted octanol–water partition coefficient (Wildman–Crippen LogP) is 0.548. The molecule has 0 radical (unpaired) electrons. The zero-order valence-electron chi connectivity index (χ0n) is 11.8. The smallest absolute Gasteiger partial charge is 0.240 e. The van der Waals surface area contributed by atoms with E-state index in [-0.39, 0.29) is 0 Å². The highest BCUT2D eigenvalue weighted by Crippen LogP contribution is 2.18. The van der Waals surface area contributed by atoms with Crippen molar-refractivity contribution >= 4 is 10.0 Å². The van der Waals surface area contributed by atoms with Crippen LogP contribution in [0, 0.1) is 0 Å². The molecule has 1 aromatic rings. The van der Waals surface area contributed by atoms with Gasteiger partial charge in [0.15, 0.2) is 0 Å². The molecular formula is C13H23N3O2S. The Labute approximate surface area is 115 Å². The van der Waals surface area contributed by atoms with Crippen LogP contribution in [0.25, 0.3) is 0 Å². The first-order chi connectivity index (χ1) is 8.90. The van der Waals surface area contributed by atoms with Crippen molar-refractivity contribution in [2.45, 2.75) is 24.8 Å². The minimum Gasteiger partial charge on any atom is -0.326 e. The molecule has 0 unspecified atom stereocenters. The lowest BCUT2D eigenvalue weighted by atomic mass is 10.1. The lowest BCUT2D eigenvalue weighted by molar-refractivity contribution is 0.412. The summed E-state index contributed by atoms with van der Waals surface area (Å²) in [6.07, 6.45) is 0.675. The van der Waals surface area contributed by atoms with E-state index in [0.717, 1.165) is 11.1 Å². The number of hydrogen-bond donors (Lipinski definition) is 2. The standard InChI is InChI=1S/C13H23N3O2S/c1-4-12-6-5-11(10-14)9-13(12)19(17,18)15-7-8-16(2)3/h5-6,9,15H,4,7-8,10,14H2,1-3H3. The monoisotopic (exact) mass is 285 g/mol. The van der Waals surface area contributed by atoms with Gasteiger partial charge in [-0.3, -0.25) is 0 Å². The predicted molar refractivity (Wildman–Crippen MR) is 77.5 cm³/mol. The van der Waals surface area contributed by atoms with Gasteiger partial charge in [-0.25, -0.2) is 13.1 Å². The third kappa shape index (κ3) is 4.58. The van der Waals surface area contributed by atoms with Gasteiger partial charge in [0.05, 0.1) is 4.90 Å². The van der Waals surface area contributed by atoms with Crippen molar-refractivity contribution in [3.8, 4) is 0 Å². The first-order valence-electron chi connectivity index (χ1n) is 6.37. The number of likely N-dealkylation sites (N-methyl/N-ethyl adjacent to an activating group) is 1. The van der Waals surface area contributed by atoms with E-state index in [1.54, 1.807) is 6.07 Å². The molecule has 0 saturated carbocycles. The summed E-state index contributed by atoms with van der Waals surface area (Å²) in [6, 6.07) is 5.37. The van der Waals surface area contributed by atoms with Gasteiger partial charge in [0.25, 0.3) is 0 Å². The molecule has 6 heteroatoms. The third-order valence-electron chi connectivity index (χ3n) is 2.89. The minimum atomic E-state index is -3.46. The van der Waals surface area contributed by atoms with Crippen LogP contribution in [0.15, 0.2) is 23.1 Å². The van der Waals surface area contributed by atoms with E-state index in [1.165, 1.54) is 0 Å². The number of nitrogens with one attached hydrogen (secondary N) is 1. The maximum absolute atomic E-state index is 12.3. The topological polar surface area (TPSA) is 75.4 Å². The Morgan fingerprint density at radius 3 is 2.53 bits per heavy atom. The SMILES string of the molecule is CCc1ccc(CN)cc1S(=O)(=O)NCCN(C)C. The fourth-order valence-corrected chi connectivity index (χ4v) is 3.13. The van der Waals surface area contributed by atoms with Gasteiger partial charge < -0.3 is 10.6 Å². The van der Waals surface area contributed by atoms with Crippen molar-refractivity contribution < 1.29 is 8.42 Å². The quantitative estimate of drug-likeness (QED) is 0.767. The second kappa shape index (κ2) is 7.00. The second-order valence-corrected chi connectivity index (χ2v) is 6.44. The van der Waals surface area contributed by atoms with Crippen LogP contribution in [0.1, 0.15) is 18.1 Å². The van der Waals surface area contributed by atoms with Crippen LogP contribution in [0.5, 0.6) is 0 Å². The van der Waals surface area contributed by atoms with Gasteiger partial charge >= 0.3 is 0 Å². The van der Waals surface area contributed by atoms with Gasteiger partial charge in [-0.05, 0) is 37.7 Å². The highest BCUT2D eigenvalue weighted by Gasteiger charge is 2.17. The summed E-state index contributed by atoms with van der Waals surface area (Å²) in [5.74, 6) is 0. The molecule has 0 amide bonds. The molecule has 0 aliphatic heterocycles. The van der Waals surface area contributed by atoms with Gasteiger partial charge in [0.2, 0.25) is 10.0 Å². The van der Waals surface area contributed by atoms with Crippen LogP contribution in [-0.2, 0) is 23.0 Å². The van der Waals surface area contributed by atoms with Crippen LogP contribution < -0.4 is 10.5 Å². The van der Waals surface area contributed by atoms with Crippen molar-refractivity contribution in [1.82, 2.24) is 9.62 Å². The Balaban J connectivity index is 2.98. The summed E-state index contributed by atoms with van der Waals surface area (Å²) in [6.45, 7) is 3.34. The van der Waals surface area contributed by atoms with Gasteiger partial charge in [0, 0.05) is 19.6 Å². The Morgan fingerprint density at radius 2 is 2.00 bits per heavy atom. The fraction of sp³-hybridized carbons (Fsp3) is 0.538. The van der Waals surface area contributed by atoms with Crippen molar-refractivity contribution in [2.75, 3.05) is 27.2 Å². The molecule has 0 aliphatic carbocycles. The highest BCUT2D eigenvalue weighted by molar-refractivity contribution is 7.89. The lowest BCUT2D eigenvalue weighted by Gasteiger charge is -2.14.